The lowest BCUT2D eigenvalue weighted by molar-refractivity contribution is -0.138. The van der Waals surface area contributed by atoms with Crippen LogP contribution in [0.25, 0.3) is 0 Å². The van der Waals surface area contributed by atoms with Gasteiger partial charge in [-0.2, -0.15) is 0 Å². The molecule has 1 atom stereocenters. The van der Waals surface area contributed by atoms with E-state index in [1.807, 2.05) is 0 Å². The van der Waals surface area contributed by atoms with Gasteiger partial charge in [-0.15, -0.1) is 12.4 Å². The lowest BCUT2D eigenvalue weighted by Crippen LogP contribution is -2.32. The van der Waals surface area contributed by atoms with E-state index in [9.17, 15) is 9.18 Å². The number of carboxylic acids is 1. The molecule has 0 saturated carbocycles. The number of halogens is 2. The molecule has 4 nitrogen and oxygen atoms in total. The smallest absolute Gasteiger partial charge is 0.320 e. The molecule has 2 aromatic rings. The van der Waals surface area contributed by atoms with E-state index in [1.165, 1.54) is 12.1 Å². The molecule has 118 valence electrons. The molecule has 6 heteroatoms. The third-order valence-corrected chi connectivity index (χ3v) is 2.99. The van der Waals surface area contributed by atoms with Crippen LogP contribution in [0.5, 0.6) is 5.75 Å². The maximum absolute atomic E-state index is 13.0. The molecule has 0 amide bonds. The standard InChI is InChI=1S/C16H16FNO3.ClH/c17-13-3-1-2-12(8-13)10-21-14-6-4-11(5-7-14)9-15(18)16(19)20;/h1-8,15H,9-10,18H2,(H,19,20);1H/t15-;/m0./s1. The Kier molecular flexibility index (Phi) is 6.82. The zero-order valence-electron chi connectivity index (χ0n) is 11.7. The minimum atomic E-state index is -1.03. The summed E-state index contributed by atoms with van der Waals surface area (Å²) in [7, 11) is 0. The molecule has 22 heavy (non-hydrogen) atoms. The molecular formula is C16H17ClFNO3. The molecule has 0 fully saturated rings. The molecular weight excluding hydrogens is 309 g/mol. The van der Waals surface area contributed by atoms with Crippen molar-refractivity contribution in [3.8, 4) is 5.75 Å². The topological polar surface area (TPSA) is 72.5 Å². The lowest BCUT2D eigenvalue weighted by atomic mass is 10.1. The quantitative estimate of drug-likeness (QED) is 0.856. The van der Waals surface area contributed by atoms with E-state index in [1.54, 1.807) is 36.4 Å². The van der Waals surface area contributed by atoms with E-state index in [4.69, 9.17) is 15.6 Å². The second-order valence-electron chi connectivity index (χ2n) is 4.71. The van der Waals surface area contributed by atoms with E-state index in [0.29, 0.717) is 5.75 Å². The predicted octanol–water partition coefficient (Wildman–Crippen LogP) is 2.78. The fraction of sp³-hybridized carbons (Fsp3) is 0.188. The summed E-state index contributed by atoms with van der Waals surface area (Å²) in [5.74, 6) is -0.692. The Balaban J connectivity index is 0.00000242. The van der Waals surface area contributed by atoms with Crippen LogP contribution in [0.15, 0.2) is 48.5 Å². The first-order valence-electron chi connectivity index (χ1n) is 6.49. The predicted molar refractivity (Wildman–Crippen MR) is 83.7 cm³/mol. The number of nitrogens with two attached hydrogens (primary N) is 1. The summed E-state index contributed by atoms with van der Waals surface area (Å²) < 4.78 is 18.6. The first-order chi connectivity index (χ1) is 10.0. The van der Waals surface area contributed by atoms with Gasteiger partial charge in [0, 0.05) is 0 Å². The highest BCUT2D eigenvalue weighted by molar-refractivity contribution is 5.85. The number of hydrogen-bond acceptors (Lipinski definition) is 3. The zero-order chi connectivity index (χ0) is 15.2. The van der Waals surface area contributed by atoms with Crippen LogP contribution in [0, 0.1) is 5.82 Å². The second kappa shape index (κ2) is 8.36. The van der Waals surface area contributed by atoms with Gasteiger partial charge >= 0.3 is 5.97 Å². The van der Waals surface area contributed by atoms with E-state index < -0.39 is 12.0 Å². The van der Waals surface area contributed by atoms with Crippen LogP contribution >= 0.6 is 12.4 Å². The van der Waals surface area contributed by atoms with E-state index in [2.05, 4.69) is 0 Å². The monoisotopic (exact) mass is 325 g/mol. The highest BCUT2D eigenvalue weighted by atomic mass is 35.5. The van der Waals surface area contributed by atoms with Crippen molar-refractivity contribution in [2.24, 2.45) is 5.73 Å². The van der Waals surface area contributed by atoms with E-state index in [-0.39, 0.29) is 31.3 Å². The Hall–Kier alpha value is -2.11. The van der Waals surface area contributed by atoms with Gasteiger partial charge in [0.2, 0.25) is 0 Å². The Labute approximate surface area is 134 Å². The Morgan fingerprint density at radius 1 is 1.18 bits per heavy atom. The largest absolute Gasteiger partial charge is 0.489 e. The fourth-order valence-electron chi connectivity index (χ4n) is 1.86. The van der Waals surface area contributed by atoms with Crippen molar-refractivity contribution in [3.05, 3.63) is 65.5 Å². The average molecular weight is 326 g/mol. The summed E-state index contributed by atoms with van der Waals surface area (Å²) in [5.41, 5.74) is 7.03. The molecule has 0 aliphatic heterocycles. The molecule has 2 aromatic carbocycles. The summed E-state index contributed by atoms with van der Waals surface area (Å²) >= 11 is 0. The average Bonchev–Trinajstić information content (AvgIpc) is 2.46. The first-order valence-corrected chi connectivity index (χ1v) is 6.49. The van der Waals surface area contributed by atoms with Gasteiger partial charge in [0.15, 0.2) is 0 Å². The van der Waals surface area contributed by atoms with Crippen molar-refractivity contribution < 1.29 is 19.0 Å². The number of ether oxygens (including phenoxy) is 1. The van der Waals surface area contributed by atoms with Gasteiger partial charge in [0.25, 0.3) is 0 Å². The van der Waals surface area contributed by atoms with Crippen LogP contribution in [0.4, 0.5) is 4.39 Å². The molecule has 0 heterocycles. The molecule has 0 radical (unpaired) electrons. The normalized spacial score (nSPS) is 11.4. The number of rotatable bonds is 6. The molecule has 0 aromatic heterocycles. The van der Waals surface area contributed by atoms with Crippen molar-refractivity contribution in [3.63, 3.8) is 0 Å². The van der Waals surface area contributed by atoms with Crippen LogP contribution in [0.3, 0.4) is 0 Å². The van der Waals surface area contributed by atoms with Gasteiger partial charge in [-0.1, -0.05) is 24.3 Å². The number of carbonyl (C=O) groups is 1. The Morgan fingerprint density at radius 2 is 1.86 bits per heavy atom. The number of benzene rings is 2. The number of aliphatic carboxylic acids is 1. The SMILES string of the molecule is Cl.N[C@@H](Cc1ccc(OCc2cccc(F)c2)cc1)C(=O)O. The molecule has 0 saturated heterocycles. The van der Waals surface area contributed by atoms with Gasteiger partial charge in [-0.25, -0.2) is 4.39 Å². The maximum Gasteiger partial charge on any atom is 0.320 e. The third kappa shape index (κ3) is 5.35. The van der Waals surface area contributed by atoms with E-state index in [0.717, 1.165) is 11.1 Å². The van der Waals surface area contributed by atoms with Gasteiger partial charge in [-0.05, 0) is 41.8 Å². The van der Waals surface area contributed by atoms with Crippen LogP contribution in [0.2, 0.25) is 0 Å². The van der Waals surface area contributed by atoms with Crippen molar-refractivity contribution in [1.82, 2.24) is 0 Å². The molecule has 0 bridgehead atoms. The highest BCUT2D eigenvalue weighted by Crippen LogP contribution is 2.15. The van der Waals surface area contributed by atoms with Crippen molar-refractivity contribution in [2.45, 2.75) is 19.1 Å². The van der Waals surface area contributed by atoms with Gasteiger partial charge in [0.1, 0.15) is 24.2 Å². The zero-order valence-corrected chi connectivity index (χ0v) is 12.6. The van der Waals surface area contributed by atoms with Crippen molar-refractivity contribution in [2.75, 3.05) is 0 Å². The Bertz CT molecular complexity index is 619. The van der Waals surface area contributed by atoms with Crippen LogP contribution in [-0.4, -0.2) is 17.1 Å². The molecule has 2 rings (SSSR count). The lowest BCUT2D eigenvalue weighted by Gasteiger charge is -2.09. The second-order valence-corrected chi connectivity index (χ2v) is 4.71. The molecule has 0 aliphatic rings. The summed E-state index contributed by atoms with van der Waals surface area (Å²) in [6, 6.07) is 12.3. The summed E-state index contributed by atoms with van der Waals surface area (Å²) in [6.45, 7) is 0.270. The van der Waals surface area contributed by atoms with Crippen molar-refractivity contribution >= 4 is 18.4 Å². The minimum absolute atomic E-state index is 0. The van der Waals surface area contributed by atoms with Gasteiger partial charge in [-0.3, -0.25) is 4.79 Å². The Morgan fingerprint density at radius 3 is 2.45 bits per heavy atom. The molecule has 0 unspecified atom stereocenters. The van der Waals surface area contributed by atoms with Gasteiger partial charge in [0.05, 0.1) is 0 Å². The minimum Gasteiger partial charge on any atom is -0.489 e. The maximum atomic E-state index is 13.0. The van der Waals surface area contributed by atoms with Crippen LogP contribution < -0.4 is 10.5 Å². The van der Waals surface area contributed by atoms with Gasteiger partial charge < -0.3 is 15.6 Å². The van der Waals surface area contributed by atoms with E-state index >= 15 is 0 Å². The summed E-state index contributed by atoms with van der Waals surface area (Å²) in [4.78, 5) is 10.7. The highest BCUT2D eigenvalue weighted by Gasteiger charge is 2.11. The van der Waals surface area contributed by atoms with Crippen LogP contribution in [0.1, 0.15) is 11.1 Å². The summed E-state index contributed by atoms with van der Waals surface area (Å²) in [5, 5.41) is 8.75. The van der Waals surface area contributed by atoms with Crippen LogP contribution in [-0.2, 0) is 17.8 Å². The number of carboxylic acid groups (broad SMARTS) is 1. The molecule has 3 N–H and O–H groups in total. The molecule has 0 aliphatic carbocycles. The molecule has 0 spiro atoms. The third-order valence-electron chi connectivity index (χ3n) is 2.99. The first kappa shape index (κ1) is 17.9. The fourth-order valence-corrected chi connectivity index (χ4v) is 1.86. The van der Waals surface area contributed by atoms with Crippen molar-refractivity contribution in [1.29, 1.82) is 0 Å². The number of hydrogen-bond donors (Lipinski definition) is 2. The summed E-state index contributed by atoms with van der Waals surface area (Å²) in [6.07, 6.45) is 0.263.